The third-order valence-electron chi connectivity index (χ3n) is 1.18. The third-order valence-corrected chi connectivity index (χ3v) is 1.18. The van der Waals surface area contributed by atoms with Crippen molar-refractivity contribution < 1.29 is 15.0 Å². The van der Waals surface area contributed by atoms with E-state index in [9.17, 15) is 4.79 Å². The molecule has 0 aromatic rings. The topological polar surface area (TPSA) is 69.6 Å². The molecule has 0 aliphatic rings. The average Bonchev–Trinajstić information content (AvgIpc) is 1.84. The fraction of sp³-hybridized carbons (Fsp3) is 0.833. The maximum absolute atomic E-state index is 10.2. The Morgan fingerprint density at radius 1 is 1.70 bits per heavy atom. The van der Waals surface area contributed by atoms with Crippen LogP contribution in [0.4, 0.5) is 0 Å². The predicted molar refractivity (Wildman–Crippen MR) is 36.8 cm³/mol. The zero-order chi connectivity index (χ0) is 8.20. The van der Waals surface area contributed by atoms with Crippen LogP contribution in [0, 0.1) is 0 Å². The van der Waals surface area contributed by atoms with Gasteiger partial charge < -0.3 is 15.5 Å². The molecule has 0 heterocycles. The second-order valence-corrected chi connectivity index (χ2v) is 2.36. The number of nitrogens with one attached hydrogen (secondary N) is 1. The lowest BCUT2D eigenvalue weighted by molar-refractivity contribution is -0.156. The van der Waals surface area contributed by atoms with E-state index in [1.54, 1.807) is 0 Å². The Morgan fingerprint density at radius 2 is 2.20 bits per heavy atom. The van der Waals surface area contributed by atoms with Gasteiger partial charge in [0.05, 0.1) is 0 Å². The summed E-state index contributed by atoms with van der Waals surface area (Å²) in [5, 5.41) is 20.2. The molecule has 1 atom stereocenters. The van der Waals surface area contributed by atoms with Crippen molar-refractivity contribution in [1.29, 1.82) is 0 Å². The molecule has 4 heteroatoms. The fourth-order valence-corrected chi connectivity index (χ4v) is 0.444. The van der Waals surface area contributed by atoms with Crippen LogP contribution in [0.1, 0.15) is 13.8 Å². The summed E-state index contributed by atoms with van der Waals surface area (Å²) in [6.07, 6.45) is 0. The highest BCUT2D eigenvalue weighted by Gasteiger charge is 2.28. The molecule has 0 aliphatic carbocycles. The Hall–Kier alpha value is -0.610. The first kappa shape index (κ1) is 9.39. The molecule has 0 aromatic heterocycles. The number of aliphatic hydroxyl groups is 1. The second kappa shape index (κ2) is 3.53. The summed E-state index contributed by atoms with van der Waals surface area (Å²) in [7, 11) is 0. The molecular weight excluding hydrogens is 134 g/mol. The molecule has 0 amide bonds. The van der Waals surface area contributed by atoms with Gasteiger partial charge in [-0.25, -0.2) is 4.79 Å². The highest BCUT2D eigenvalue weighted by Crippen LogP contribution is 1.99. The highest BCUT2D eigenvalue weighted by molar-refractivity contribution is 5.76. The molecule has 4 nitrogen and oxygen atoms in total. The fourth-order valence-electron chi connectivity index (χ4n) is 0.444. The minimum Gasteiger partial charge on any atom is -0.479 e. The summed E-state index contributed by atoms with van der Waals surface area (Å²) in [5.74, 6) is -1.20. The van der Waals surface area contributed by atoms with Crippen LogP contribution in [-0.2, 0) is 4.79 Å². The van der Waals surface area contributed by atoms with Crippen LogP contribution in [-0.4, -0.2) is 34.9 Å². The van der Waals surface area contributed by atoms with Crippen LogP contribution >= 0.6 is 0 Å². The van der Waals surface area contributed by atoms with Crippen LogP contribution in [0.2, 0.25) is 0 Å². The van der Waals surface area contributed by atoms with Crippen molar-refractivity contribution in [2.24, 2.45) is 0 Å². The average molecular weight is 147 g/mol. The number of hydrogen-bond donors (Lipinski definition) is 3. The molecule has 0 radical (unpaired) electrons. The van der Waals surface area contributed by atoms with E-state index in [1.807, 2.05) is 6.92 Å². The van der Waals surface area contributed by atoms with Crippen molar-refractivity contribution in [2.75, 3.05) is 13.1 Å². The Bertz CT molecular complexity index is 122. The highest BCUT2D eigenvalue weighted by atomic mass is 16.4. The van der Waals surface area contributed by atoms with Gasteiger partial charge in [0.1, 0.15) is 0 Å². The van der Waals surface area contributed by atoms with Gasteiger partial charge in [-0.2, -0.15) is 0 Å². The van der Waals surface area contributed by atoms with Crippen LogP contribution < -0.4 is 5.32 Å². The molecule has 0 saturated carbocycles. The van der Waals surface area contributed by atoms with Crippen molar-refractivity contribution in [3.05, 3.63) is 0 Å². The summed E-state index contributed by atoms with van der Waals surface area (Å²) in [4.78, 5) is 10.2. The molecule has 0 saturated heterocycles. The summed E-state index contributed by atoms with van der Waals surface area (Å²) in [6.45, 7) is 3.85. The minimum absolute atomic E-state index is 0.0822. The van der Waals surface area contributed by atoms with E-state index in [2.05, 4.69) is 5.32 Å². The Balaban J connectivity index is 3.75. The van der Waals surface area contributed by atoms with E-state index >= 15 is 0 Å². The van der Waals surface area contributed by atoms with Gasteiger partial charge in [-0.1, -0.05) is 6.92 Å². The van der Waals surface area contributed by atoms with Gasteiger partial charge in [-0.15, -0.1) is 0 Å². The van der Waals surface area contributed by atoms with E-state index < -0.39 is 11.6 Å². The maximum atomic E-state index is 10.2. The number of carbonyl (C=O) groups is 1. The zero-order valence-electron chi connectivity index (χ0n) is 6.22. The number of carboxylic acid groups (broad SMARTS) is 1. The molecule has 0 spiro atoms. The van der Waals surface area contributed by atoms with Crippen molar-refractivity contribution in [3.8, 4) is 0 Å². The van der Waals surface area contributed by atoms with E-state index in [-0.39, 0.29) is 6.54 Å². The van der Waals surface area contributed by atoms with Crippen LogP contribution in [0.15, 0.2) is 0 Å². The molecule has 0 bridgehead atoms. The SMILES string of the molecule is CCNCC(C)(O)C(=O)O. The van der Waals surface area contributed by atoms with Crippen molar-refractivity contribution in [2.45, 2.75) is 19.4 Å². The van der Waals surface area contributed by atoms with E-state index in [0.717, 1.165) is 0 Å². The first-order chi connectivity index (χ1) is 4.50. The lowest BCUT2D eigenvalue weighted by atomic mass is 10.1. The van der Waals surface area contributed by atoms with Crippen LogP contribution in [0.3, 0.4) is 0 Å². The third kappa shape index (κ3) is 2.80. The number of likely N-dealkylation sites (N-methyl/N-ethyl adjacent to an activating group) is 1. The van der Waals surface area contributed by atoms with Gasteiger partial charge >= 0.3 is 5.97 Å². The molecule has 0 aromatic carbocycles. The molecule has 0 fully saturated rings. The quantitative estimate of drug-likeness (QED) is 0.498. The smallest absolute Gasteiger partial charge is 0.336 e. The first-order valence-electron chi connectivity index (χ1n) is 3.17. The second-order valence-electron chi connectivity index (χ2n) is 2.36. The normalized spacial score (nSPS) is 16.3. The summed E-state index contributed by atoms with van der Waals surface area (Å²) in [5.41, 5.74) is -1.64. The Kier molecular flexibility index (Phi) is 3.32. The van der Waals surface area contributed by atoms with E-state index in [1.165, 1.54) is 6.92 Å². The van der Waals surface area contributed by atoms with Gasteiger partial charge in [0.15, 0.2) is 5.60 Å². The van der Waals surface area contributed by atoms with Crippen molar-refractivity contribution in [3.63, 3.8) is 0 Å². The van der Waals surface area contributed by atoms with Gasteiger partial charge in [0, 0.05) is 6.54 Å². The monoisotopic (exact) mass is 147 g/mol. The van der Waals surface area contributed by atoms with Gasteiger partial charge in [0.25, 0.3) is 0 Å². The van der Waals surface area contributed by atoms with Gasteiger partial charge in [0.2, 0.25) is 0 Å². The Morgan fingerprint density at radius 3 is 2.50 bits per heavy atom. The van der Waals surface area contributed by atoms with E-state index in [4.69, 9.17) is 10.2 Å². The minimum atomic E-state index is -1.64. The number of rotatable bonds is 4. The Labute approximate surface area is 59.9 Å². The number of hydrogen-bond acceptors (Lipinski definition) is 3. The molecule has 10 heavy (non-hydrogen) atoms. The molecular formula is C6H13NO3. The molecule has 0 rings (SSSR count). The summed E-state index contributed by atoms with van der Waals surface area (Å²) >= 11 is 0. The lowest BCUT2D eigenvalue weighted by Gasteiger charge is -2.17. The zero-order valence-corrected chi connectivity index (χ0v) is 6.22. The van der Waals surface area contributed by atoms with Crippen molar-refractivity contribution in [1.82, 2.24) is 5.32 Å². The van der Waals surface area contributed by atoms with Crippen LogP contribution in [0.25, 0.3) is 0 Å². The molecule has 0 aliphatic heterocycles. The van der Waals surface area contributed by atoms with Gasteiger partial charge in [-0.3, -0.25) is 0 Å². The van der Waals surface area contributed by atoms with Crippen LogP contribution in [0.5, 0.6) is 0 Å². The van der Waals surface area contributed by atoms with Gasteiger partial charge in [-0.05, 0) is 13.5 Å². The summed E-state index contributed by atoms with van der Waals surface area (Å²) in [6, 6.07) is 0. The maximum Gasteiger partial charge on any atom is 0.336 e. The summed E-state index contributed by atoms with van der Waals surface area (Å²) < 4.78 is 0. The lowest BCUT2D eigenvalue weighted by Crippen LogP contribution is -2.44. The predicted octanol–water partition coefficient (Wildman–Crippen LogP) is -0.569. The number of carboxylic acids is 1. The largest absolute Gasteiger partial charge is 0.479 e. The van der Waals surface area contributed by atoms with Crippen molar-refractivity contribution >= 4 is 5.97 Å². The molecule has 60 valence electrons. The van der Waals surface area contributed by atoms with E-state index in [0.29, 0.717) is 6.54 Å². The molecule has 1 unspecified atom stereocenters. The first-order valence-corrected chi connectivity index (χ1v) is 3.17. The standard InChI is InChI=1S/C6H13NO3/c1-3-7-4-6(2,10)5(8)9/h7,10H,3-4H2,1-2H3,(H,8,9). The molecule has 3 N–H and O–H groups in total. The number of aliphatic carboxylic acids is 1.